The molecule has 2 atom stereocenters. The molecule has 2 aliphatic rings. The van der Waals surface area contributed by atoms with Crippen molar-refractivity contribution in [3.63, 3.8) is 0 Å². The highest BCUT2D eigenvalue weighted by Crippen LogP contribution is 2.52. The van der Waals surface area contributed by atoms with E-state index in [1.807, 2.05) is 44.0 Å². The summed E-state index contributed by atoms with van der Waals surface area (Å²) < 4.78 is 17.9. The van der Waals surface area contributed by atoms with Gasteiger partial charge in [0.15, 0.2) is 0 Å². The van der Waals surface area contributed by atoms with E-state index in [-0.39, 0.29) is 18.6 Å². The Morgan fingerprint density at radius 3 is 2.73 bits per heavy atom. The van der Waals surface area contributed by atoms with Crippen LogP contribution in [-0.4, -0.2) is 53.5 Å². The summed E-state index contributed by atoms with van der Waals surface area (Å²) in [5, 5.41) is 9.38. The van der Waals surface area contributed by atoms with Crippen molar-refractivity contribution in [2.24, 2.45) is 0 Å². The molecule has 0 radical (unpaired) electrons. The number of piperidine rings is 1. The zero-order valence-electron chi connectivity index (χ0n) is 24.2. The van der Waals surface area contributed by atoms with E-state index < -0.39 is 11.2 Å². The van der Waals surface area contributed by atoms with Crippen LogP contribution in [0.3, 0.4) is 0 Å². The van der Waals surface area contributed by atoms with E-state index in [1.54, 1.807) is 7.11 Å². The maximum Gasteiger partial charge on any atom is 0.410 e. The first-order chi connectivity index (χ1) is 19.1. The number of aliphatic hydroxyl groups excluding tert-OH is 1. The number of aliphatic hydroxyl groups is 1. The van der Waals surface area contributed by atoms with E-state index in [0.29, 0.717) is 32.0 Å². The molecule has 40 heavy (non-hydrogen) atoms. The number of fused-ring (bicyclic) bond motifs is 2. The van der Waals surface area contributed by atoms with Crippen LogP contribution in [-0.2, 0) is 28.1 Å². The molecule has 1 spiro atoms. The van der Waals surface area contributed by atoms with Crippen LogP contribution >= 0.6 is 0 Å². The smallest absolute Gasteiger partial charge is 0.410 e. The molecule has 1 amide bonds. The zero-order valence-corrected chi connectivity index (χ0v) is 24.2. The summed E-state index contributed by atoms with van der Waals surface area (Å²) in [4.78, 5) is 19.4. The van der Waals surface area contributed by atoms with Gasteiger partial charge in [0.1, 0.15) is 11.2 Å². The lowest BCUT2D eigenvalue weighted by atomic mass is 9.71. The van der Waals surface area contributed by atoms with Gasteiger partial charge in [0.05, 0.1) is 13.7 Å². The van der Waals surface area contributed by atoms with Crippen molar-refractivity contribution < 1.29 is 24.1 Å². The van der Waals surface area contributed by atoms with Gasteiger partial charge in [-0.15, -0.1) is 0 Å². The summed E-state index contributed by atoms with van der Waals surface area (Å²) in [6, 6.07) is 17.0. The number of amides is 1. The summed E-state index contributed by atoms with van der Waals surface area (Å²) in [7, 11) is 1.63. The Morgan fingerprint density at radius 1 is 1.20 bits per heavy atom. The van der Waals surface area contributed by atoms with Crippen LogP contribution in [0, 0.1) is 6.92 Å². The van der Waals surface area contributed by atoms with Crippen molar-refractivity contribution in [1.82, 2.24) is 9.88 Å². The molecule has 2 aliphatic heterocycles. The SMILES string of the molecule is COc1cc2c(cn1)CO[C@@]21CCN(C(=O)OC(C)(C)C)C[C@@H]1c1ccc(-c2ccccc2CCCO)cc1C. The lowest BCUT2D eigenvalue weighted by molar-refractivity contribution is -0.0956. The molecule has 3 heterocycles. The van der Waals surface area contributed by atoms with Crippen molar-refractivity contribution in [1.29, 1.82) is 0 Å². The molecule has 0 aliphatic carbocycles. The van der Waals surface area contributed by atoms with Crippen molar-refractivity contribution in [2.75, 3.05) is 26.8 Å². The van der Waals surface area contributed by atoms with Crippen molar-refractivity contribution in [3.05, 3.63) is 82.5 Å². The summed E-state index contributed by atoms with van der Waals surface area (Å²) in [6.07, 6.45) is 3.74. The van der Waals surface area contributed by atoms with Crippen LogP contribution in [0.25, 0.3) is 11.1 Å². The number of hydrogen-bond donors (Lipinski definition) is 1. The number of aryl methyl sites for hydroxylation is 2. The number of aromatic nitrogens is 1. The van der Waals surface area contributed by atoms with Gasteiger partial charge in [0, 0.05) is 43.4 Å². The summed E-state index contributed by atoms with van der Waals surface area (Å²) in [5.41, 5.74) is 6.81. The predicted molar refractivity (Wildman–Crippen MR) is 154 cm³/mol. The third-order valence-electron chi connectivity index (χ3n) is 8.06. The summed E-state index contributed by atoms with van der Waals surface area (Å²) in [5.74, 6) is 0.448. The van der Waals surface area contributed by atoms with Gasteiger partial charge >= 0.3 is 6.09 Å². The summed E-state index contributed by atoms with van der Waals surface area (Å²) in [6.45, 7) is 9.48. The van der Waals surface area contributed by atoms with Gasteiger partial charge in [-0.05, 0) is 80.3 Å². The lowest BCUT2D eigenvalue weighted by Gasteiger charge is -2.46. The molecule has 0 saturated carbocycles. The molecule has 1 saturated heterocycles. The van der Waals surface area contributed by atoms with E-state index >= 15 is 0 Å². The Labute approximate surface area is 237 Å². The number of carbonyl (C=O) groups excluding carboxylic acids is 1. The number of pyridine rings is 1. The Hall–Kier alpha value is -3.42. The van der Waals surface area contributed by atoms with Gasteiger partial charge in [-0.25, -0.2) is 9.78 Å². The number of rotatable bonds is 6. The molecule has 1 N–H and O–H groups in total. The molecule has 7 heteroatoms. The minimum Gasteiger partial charge on any atom is -0.481 e. The van der Waals surface area contributed by atoms with Gasteiger partial charge in [0.25, 0.3) is 0 Å². The second-order valence-electron chi connectivity index (χ2n) is 11.8. The van der Waals surface area contributed by atoms with Gasteiger partial charge in [-0.2, -0.15) is 0 Å². The quantitative estimate of drug-likeness (QED) is 0.402. The predicted octanol–water partition coefficient (Wildman–Crippen LogP) is 6.14. The number of hydrogen-bond acceptors (Lipinski definition) is 6. The topological polar surface area (TPSA) is 81.1 Å². The van der Waals surface area contributed by atoms with E-state index in [4.69, 9.17) is 14.2 Å². The van der Waals surface area contributed by atoms with E-state index in [1.165, 1.54) is 11.1 Å². The monoisotopic (exact) mass is 544 g/mol. The molecule has 0 unspecified atom stereocenters. The highest BCUT2D eigenvalue weighted by atomic mass is 16.6. The molecular formula is C33H40N2O5. The van der Waals surface area contributed by atoms with E-state index in [9.17, 15) is 9.90 Å². The molecular weight excluding hydrogens is 504 g/mol. The fourth-order valence-corrected chi connectivity index (χ4v) is 6.16. The normalized spacial score (nSPS) is 20.4. The molecule has 1 aromatic heterocycles. The summed E-state index contributed by atoms with van der Waals surface area (Å²) >= 11 is 0. The average Bonchev–Trinajstić information content (AvgIpc) is 3.29. The number of carbonyl (C=O) groups is 1. The van der Waals surface area contributed by atoms with Crippen molar-refractivity contribution in [3.8, 4) is 17.0 Å². The fourth-order valence-electron chi connectivity index (χ4n) is 6.16. The third-order valence-corrected chi connectivity index (χ3v) is 8.06. The largest absolute Gasteiger partial charge is 0.481 e. The Bertz CT molecular complexity index is 1380. The number of methoxy groups -OCH3 is 1. The van der Waals surface area contributed by atoms with Crippen LogP contribution in [0.4, 0.5) is 4.79 Å². The zero-order chi connectivity index (χ0) is 28.5. The molecule has 0 bridgehead atoms. The van der Waals surface area contributed by atoms with E-state index in [2.05, 4.69) is 48.3 Å². The number of likely N-dealkylation sites (tertiary alicyclic amines) is 1. The second kappa shape index (κ2) is 11.2. The van der Waals surface area contributed by atoms with Gasteiger partial charge < -0.3 is 24.2 Å². The van der Waals surface area contributed by atoms with Crippen LogP contribution in [0.5, 0.6) is 5.88 Å². The highest BCUT2D eigenvalue weighted by molar-refractivity contribution is 5.70. The van der Waals surface area contributed by atoms with Crippen LogP contribution in [0.1, 0.15) is 67.3 Å². The van der Waals surface area contributed by atoms with Gasteiger partial charge in [-0.1, -0.05) is 42.5 Å². The Morgan fingerprint density at radius 2 is 2.00 bits per heavy atom. The van der Waals surface area contributed by atoms with Crippen LogP contribution in [0.15, 0.2) is 54.7 Å². The number of ether oxygens (including phenoxy) is 3. The van der Waals surface area contributed by atoms with Crippen molar-refractivity contribution in [2.45, 2.75) is 70.7 Å². The molecule has 7 nitrogen and oxygen atoms in total. The van der Waals surface area contributed by atoms with Crippen molar-refractivity contribution >= 4 is 6.09 Å². The Kier molecular flexibility index (Phi) is 7.89. The first-order valence-corrected chi connectivity index (χ1v) is 14.1. The lowest BCUT2D eigenvalue weighted by Crippen LogP contribution is -2.51. The highest BCUT2D eigenvalue weighted by Gasteiger charge is 2.52. The maximum atomic E-state index is 13.2. The third kappa shape index (κ3) is 5.45. The minimum atomic E-state index is -0.602. The van der Waals surface area contributed by atoms with Crippen LogP contribution in [0.2, 0.25) is 0 Å². The average molecular weight is 545 g/mol. The number of nitrogens with zero attached hydrogens (tertiary/aromatic N) is 2. The van der Waals surface area contributed by atoms with Gasteiger partial charge in [-0.3, -0.25) is 0 Å². The van der Waals surface area contributed by atoms with Crippen LogP contribution < -0.4 is 4.74 Å². The first kappa shape index (κ1) is 28.1. The first-order valence-electron chi connectivity index (χ1n) is 14.1. The molecule has 5 rings (SSSR count). The fraction of sp³-hybridized carbons (Fsp3) is 0.455. The standard InChI is InChI=1S/C33H40N2O5/c1-22-17-24(27-11-7-6-9-23(27)10-8-16-36)12-13-26(22)29-20-35(31(37)40-32(2,3)4)15-14-33(29)28-18-30(38-5)34-19-25(28)21-39-33/h6-7,9,11-13,17-19,29,36H,8,10,14-16,20-21H2,1-5H3/t29-,33+/m1/s1. The second-order valence-corrected chi connectivity index (χ2v) is 11.8. The molecule has 1 fully saturated rings. The van der Waals surface area contributed by atoms with E-state index in [0.717, 1.165) is 40.7 Å². The number of benzene rings is 2. The molecule has 3 aromatic rings. The molecule has 2 aromatic carbocycles. The van der Waals surface area contributed by atoms with Gasteiger partial charge in [0.2, 0.25) is 5.88 Å². The maximum absolute atomic E-state index is 13.2. The Balaban J connectivity index is 1.56. The molecule has 212 valence electrons. The minimum absolute atomic E-state index is 0.110.